The Hall–Kier alpha value is -1.31. The Morgan fingerprint density at radius 3 is 2.55 bits per heavy atom. The lowest BCUT2D eigenvalue weighted by atomic mass is 10.2. The van der Waals surface area contributed by atoms with Gasteiger partial charge < -0.3 is 0 Å². The predicted octanol–water partition coefficient (Wildman–Crippen LogP) is 3.21. The van der Waals surface area contributed by atoms with Gasteiger partial charge >= 0.3 is 0 Å². The molecule has 20 heavy (non-hydrogen) atoms. The molecule has 0 aliphatic carbocycles. The Morgan fingerprint density at radius 2 is 1.85 bits per heavy atom. The largest absolute Gasteiger partial charge is 0.240 e. The van der Waals surface area contributed by atoms with Crippen molar-refractivity contribution in [1.29, 1.82) is 0 Å². The minimum Gasteiger partial charge on any atom is -0.207 e. The zero-order valence-electron chi connectivity index (χ0n) is 10.1. The summed E-state index contributed by atoms with van der Waals surface area (Å²) in [4.78, 5) is 0.0451. The van der Waals surface area contributed by atoms with E-state index in [-0.39, 0.29) is 17.0 Å². The molecule has 0 aromatic heterocycles. The van der Waals surface area contributed by atoms with E-state index in [2.05, 4.69) is 20.7 Å². The molecular weight excluding hydrogens is 352 g/mol. The van der Waals surface area contributed by atoms with Crippen LogP contribution in [0.15, 0.2) is 51.8 Å². The molecule has 2 aromatic rings. The van der Waals surface area contributed by atoms with Crippen LogP contribution in [0.3, 0.4) is 0 Å². The molecule has 0 aliphatic heterocycles. The van der Waals surface area contributed by atoms with E-state index in [0.29, 0.717) is 4.47 Å². The van der Waals surface area contributed by atoms with Crippen LogP contribution in [0.4, 0.5) is 8.78 Å². The second-order valence-corrected chi connectivity index (χ2v) is 6.70. The second kappa shape index (κ2) is 5.99. The maximum absolute atomic E-state index is 13.4. The van der Waals surface area contributed by atoms with Crippen LogP contribution in [0.1, 0.15) is 5.56 Å². The van der Waals surface area contributed by atoms with Crippen LogP contribution in [0, 0.1) is 11.6 Å². The van der Waals surface area contributed by atoms with Crippen molar-refractivity contribution in [3.8, 4) is 0 Å². The van der Waals surface area contributed by atoms with Gasteiger partial charge in [0.25, 0.3) is 0 Å². The van der Waals surface area contributed by atoms with Crippen LogP contribution in [0.5, 0.6) is 0 Å². The molecule has 0 spiro atoms. The van der Waals surface area contributed by atoms with Crippen LogP contribution >= 0.6 is 15.9 Å². The smallest absolute Gasteiger partial charge is 0.207 e. The van der Waals surface area contributed by atoms with Crippen LogP contribution in [-0.2, 0) is 16.6 Å². The monoisotopic (exact) mass is 361 g/mol. The third kappa shape index (κ3) is 3.62. The molecule has 106 valence electrons. The highest BCUT2D eigenvalue weighted by molar-refractivity contribution is 9.10. The third-order valence-electron chi connectivity index (χ3n) is 2.57. The lowest BCUT2D eigenvalue weighted by molar-refractivity contribution is 0.567. The summed E-state index contributed by atoms with van der Waals surface area (Å²) >= 11 is 3.17. The van der Waals surface area contributed by atoms with Gasteiger partial charge in [0.2, 0.25) is 10.0 Å². The van der Waals surface area contributed by atoms with E-state index in [1.54, 1.807) is 12.1 Å². The zero-order chi connectivity index (χ0) is 14.8. The van der Waals surface area contributed by atoms with Gasteiger partial charge in [0.05, 0.1) is 4.90 Å². The Balaban J connectivity index is 2.19. The minimum atomic E-state index is -3.78. The van der Waals surface area contributed by atoms with Gasteiger partial charge in [-0.25, -0.2) is 21.9 Å². The number of sulfonamides is 1. The minimum absolute atomic E-state index is 0.0451. The highest BCUT2D eigenvalue weighted by Crippen LogP contribution is 2.17. The molecule has 2 rings (SSSR count). The van der Waals surface area contributed by atoms with E-state index in [0.717, 1.165) is 18.2 Å². The van der Waals surface area contributed by atoms with E-state index in [9.17, 15) is 17.2 Å². The van der Waals surface area contributed by atoms with Crippen molar-refractivity contribution in [2.75, 3.05) is 0 Å². The fourth-order valence-electron chi connectivity index (χ4n) is 1.57. The molecule has 7 heteroatoms. The van der Waals surface area contributed by atoms with E-state index in [1.165, 1.54) is 12.1 Å². The summed E-state index contributed by atoms with van der Waals surface area (Å²) in [5, 5.41) is 0. The zero-order valence-corrected chi connectivity index (χ0v) is 12.5. The first kappa shape index (κ1) is 15.1. The van der Waals surface area contributed by atoms with E-state index in [4.69, 9.17) is 0 Å². The second-order valence-electron chi connectivity index (χ2n) is 4.02. The quantitative estimate of drug-likeness (QED) is 0.908. The SMILES string of the molecule is O=S(=O)(NCc1cc(F)ccc1F)c1cccc(Br)c1. The standard InChI is InChI=1S/C13H10BrF2NO2S/c14-10-2-1-3-12(7-10)20(18,19)17-8-9-6-11(15)4-5-13(9)16/h1-7,17H,8H2. The Bertz CT molecular complexity index is 735. The molecule has 0 unspecified atom stereocenters. The van der Waals surface area contributed by atoms with Gasteiger partial charge in [0.15, 0.2) is 0 Å². The van der Waals surface area contributed by atoms with Gasteiger partial charge in [-0.1, -0.05) is 22.0 Å². The summed E-state index contributed by atoms with van der Waals surface area (Å²) in [6.45, 7) is -0.321. The van der Waals surface area contributed by atoms with Crippen molar-refractivity contribution in [1.82, 2.24) is 4.72 Å². The first-order chi connectivity index (χ1) is 9.38. The summed E-state index contributed by atoms with van der Waals surface area (Å²) in [5.74, 6) is -1.29. The Kier molecular flexibility index (Phi) is 4.52. The van der Waals surface area contributed by atoms with Crippen molar-refractivity contribution in [3.63, 3.8) is 0 Å². The molecule has 0 heterocycles. The highest BCUT2D eigenvalue weighted by Gasteiger charge is 2.15. The van der Waals surface area contributed by atoms with Crippen molar-refractivity contribution in [3.05, 3.63) is 64.1 Å². The van der Waals surface area contributed by atoms with E-state index >= 15 is 0 Å². The molecule has 0 amide bonds. The summed E-state index contributed by atoms with van der Waals surface area (Å²) < 4.78 is 53.2. The van der Waals surface area contributed by atoms with Gasteiger partial charge in [-0.3, -0.25) is 0 Å². The normalized spacial score (nSPS) is 11.6. The van der Waals surface area contributed by atoms with Gasteiger partial charge in [-0.2, -0.15) is 0 Å². The molecule has 0 aliphatic rings. The van der Waals surface area contributed by atoms with Gasteiger partial charge in [0.1, 0.15) is 11.6 Å². The molecule has 0 saturated carbocycles. The Labute approximate surface area is 123 Å². The highest BCUT2D eigenvalue weighted by atomic mass is 79.9. The summed E-state index contributed by atoms with van der Waals surface area (Å²) in [6.07, 6.45) is 0. The molecule has 0 radical (unpaired) electrons. The lowest BCUT2D eigenvalue weighted by Gasteiger charge is -2.08. The molecule has 1 N–H and O–H groups in total. The average Bonchev–Trinajstić information content (AvgIpc) is 2.40. The van der Waals surface area contributed by atoms with Gasteiger partial charge in [0, 0.05) is 16.6 Å². The molecule has 0 atom stereocenters. The Morgan fingerprint density at radius 1 is 1.10 bits per heavy atom. The fourth-order valence-corrected chi connectivity index (χ4v) is 3.17. The molecule has 0 fully saturated rings. The molecule has 0 saturated heterocycles. The number of nitrogens with one attached hydrogen (secondary N) is 1. The molecule has 2 aromatic carbocycles. The van der Waals surface area contributed by atoms with Crippen molar-refractivity contribution < 1.29 is 17.2 Å². The fraction of sp³-hybridized carbons (Fsp3) is 0.0769. The summed E-state index contributed by atoms with van der Waals surface area (Å²) in [5.41, 5.74) is -0.0522. The lowest BCUT2D eigenvalue weighted by Crippen LogP contribution is -2.23. The van der Waals surface area contributed by atoms with Crippen LogP contribution in [0.25, 0.3) is 0 Å². The van der Waals surface area contributed by atoms with Crippen LogP contribution in [0.2, 0.25) is 0 Å². The average molecular weight is 362 g/mol. The number of hydrogen-bond acceptors (Lipinski definition) is 2. The van der Waals surface area contributed by atoms with E-state index < -0.39 is 21.7 Å². The molecular formula is C13H10BrF2NO2S. The molecule has 0 bridgehead atoms. The predicted molar refractivity (Wildman–Crippen MR) is 74.5 cm³/mol. The topological polar surface area (TPSA) is 46.2 Å². The van der Waals surface area contributed by atoms with Crippen LogP contribution in [-0.4, -0.2) is 8.42 Å². The number of hydrogen-bond donors (Lipinski definition) is 1. The van der Waals surface area contributed by atoms with Crippen molar-refractivity contribution in [2.24, 2.45) is 0 Å². The maximum Gasteiger partial charge on any atom is 0.240 e. The number of halogens is 3. The first-order valence-electron chi connectivity index (χ1n) is 5.58. The summed E-state index contributed by atoms with van der Waals surface area (Å²) in [7, 11) is -3.78. The van der Waals surface area contributed by atoms with Crippen molar-refractivity contribution >= 4 is 26.0 Å². The van der Waals surface area contributed by atoms with E-state index in [1.807, 2.05) is 0 Å². The number of benzene rings is 2. The van der Waals surface area contributed by atoms with Crippen molar-refractivity contribution in [2.45, 2.75) is 11.4 Å². The molecule has 3 nitrogen and oxygen atoms in total. The number of rotatable bonds is 4. The first-order valence-corrected chi connectivity index (χ1v) is 7.85. The maximum atomic E-state index is 13.4. The van der Waals surface area contributed by atoms with Gasteiger partial charge in [-0.15, -0.1) is 0 Å². The van der Waals surface area contributed by atoms with Gasteiger partial charge in [-0.05, 0) is 36.4 Å². The van der Waals surface area contributed by atoms with Crippen LogP contribution < -0.4 is 4.72 Å². The summed E-state index contributed by atoms with van der Waals surface area (Å²) in [6, 6.07) is 8.98. The third-order valence-corrected chi connectivity index (χ3v) is 4.46.